The van der Waals surface area contributed by atoms with Gasteiger partial charge in [0.1, 0.15) is 11.4 Å². The van der Waals surface area contributed by atoms with E-state index in [0.29, 0.717) is 0 Å². The molecule has 0 fully saturated rings. The van der Waals surface area contributed by atoms with Crippen molar-refractivity contribution in [1.82, 2.24) is 15.6 Å². The number of rotatable bonds is 2. The molecule has 5 nitrogen and oxygen atoms in total. The monoisotopic (exact) mass is 319 g/mol. The highest BCUT2D eigenvalue weighted by molar-refractivity contribution is 14.1. The molecule has 0 radical (unpaired) electrons. The van der Waals surface area contributed by atoms with E-state index < -0.39 is 0 Å². The average Bonchev–Trinajstić information content (AvgIpc) is 2.26. The first-order chi connectivity index (χ1) is 7.08. The van der Waals surface area contributed by atoms with Gasteiger partial charge in [0.2, 0.25) is 0 Å². The summed E-state index contributed by atoms with van der Waals surface area (Å²) in [6, 6.07) is 3.23. The predicted octanol–water partition coefficient (Wildman–Crippen LogP) is 0.405. The van der Waals surface area contributed by atoms with Gasteiger partial charge in [0.25, 0.3) is 11.8 Å². The zero-order chi connectivity index (χ0) is 11.4. The Morgan fingerprint density at radius 3 is 1.87 bits per heavy atom. The number of carbonyl (C=O) groups excluding carboxylic acids is 2. The number of hydrogen-bond donors (Lipinski definition) is 2. The molecule has 15 heavy (non-hydrogen) atoms. The number of halogens is 1. The molecular formula is C9H10IN3O2. The minimum absolute atomic E-state index is 0.239. The molecule has 0 spiro atoms. The van der Waals surface area contributed by atoms with E-state index in [4.69, 9.17) is 0 Å². The van der Waals surface area contributed by atoms with Gasteiger partial charge >= 0.3 is 0 Å². The summed E-state index contributed by atoms with van der Waals surface area (Å²) < 4.78 is 0.791. The minimum Gasteiger partial charge on any atom is -0.354 e. The van der Waals surface area contributed by atoms with Crippen LogP contribution in [0.3, 0.4) is 0 Å². The Labute approximate surface area is 101 Å². The van der Waals surface area contributed by atoms with Gasteiger partial charge in [-0.25, -0.2) is 4.98 Å². The van der Waals surface area contributed by atoms with Crippen LogP contribution in [0.15, 0.2) is 12.1 Å². The molecule has 1 aromatic heterocycles. The first-order valence-electron chi connectivity index (χ1n) is 4.20. The van der Waals surface area contributed by atoms with Crippen molar-refractivity contribution in [2.75, 3.05) is 14.1 Å². The molecule has 0 atom stereocenters. The van der Waals surface area contributed by atoms with Gasteiger partial charge in [0.05, 0.1) is 0 Å². The lowest BCUT2D eigenvalue weighted by atomic mass is 10.3. The van der Waals surface area contributed by atoms with Gasteiger partial charge in [-0.2, -0.15) is 0 Å². The summed E-state index contributed by atoms with van der Waals surface area (Å²) in [7, 11) is 3.03. The third-order valence-electron chi connectivity index (χ3n) is 1.71. The van der Waals surface area contributed by atoms with Crippen molar-refractivity contribution in [1.29, 1.82) is 0 Å². The number of aromatic nitrogens is 1. The summed E-state index contributed by atoms with van der Waals surface area (Å²) >= 11 is 2.03. The maximum atomic E-state index is 11.3. The number of pyridine rings is 1. The molecule has 0 bridgehead atoms. The molecule has 6 heteroatoms. The van der Waals surface area contributed by atoms with Gasteiger partial charge < -0.3 is 10.6 Å². The first-order valence-corrected chi connectivity index (χ1v) is 5.28. The second-order valence-electron chi connectivity index (χ2n) is 2.71. The standard InChI is InChI=1S/C9H10IN3O2/c1-11-8(14)6-3-5(10)4-7(13-6)9(15)12-2/h3-4H,1-2H3,(H,11,14)(H,12,15). The minimum atomic E-state index is -0.307. The summed E-state index contributed by atoms with van der Waals surface area (Å²) in [5.74, 6) is -0.614. The van der Waals surface area contributed by atoms with Crippen molar-refractivity contribution in [2.24, 2.45) is 0 Å². The quantitative estimate of drug-likeness (QED) is 0.776. The van der Waals surface area contributed by atoms with Crippen molar-refractivity contribution in [2.45, 2.75) is 0 Å². The molecule has 0 aliphatic carbocycles. The Morgan fingerprint density at radius 1 is 1.13 bits per heavy atom. The highest BCUT2D eigenvalue weighted by Gasteiger charge is 2.11. The van der Waals surface area contributed by atoms with Crippen LogP contribution in [0, 0.1) is 3.57 Å². The average molecular weight is 319 g/mol. The lowest BCUT2D eigenvalue weighted by Crippen LogP contribution is -2.24. The molecule has 0 unspecified atom stereocenters. The van der Waals surface area contributed by atoms with Crippen molar-refractivity contribution in [3.8, 4) is 0 Å². The molecule has 80 valence electrons. The molecule has 1 heterocycles. The second kappa shape index (κ2) is 5.06. The van der Waals surface area contributed by atoms with Crippen LogP contribution in [-0.2, 0) is 0 Å². The van der Waals surface area contributed by atoms with Crippen LogP contribution in [0.2, 0.25) is 0 Å². The largest absolute Gasteiger partial charge is 0.354 e. The highest BCUT2D eigenvalue weighted by atomic mass is 127. The molecule has 0 aromatic carbocycles. The molecule has 1 aromatic rings. The molecule has 0 aliphatic heterocycles. The molecule has 0 aliphatic rings. The third kappa shape index (κ3) is 2.88. The summed E-state index contributed by atoms with van der Waals surface area (Å²) in [6.45, 7) is 0. The molecule has 1 rings (SSSR count). The molecule has 0 saturated heterocycles. The summed E-state index contributed by atoms with van der Waals surface area (Å²) in [4.78, 5) is 26.6. The summed E-state index contributed by atoms with van der Waals surface area (Å²) in [5.41, 5.74) is 0.478. The van der Waals surface area contributed by atoms with Crippen LogP contribution in [0.25, 0.3) is 0 Å². The number of amides is 2. The molecular weight excluding hydrogens is 309 g/mol. The van der Waals surface area contributed by atoms with Gasteiger partial charge in [-0.1, -0.05) is 0 Å². The Bertz CT molecular complexity index is 372. The zero-order valence-electron chi connectivity index (χ0n) is 8.30. The van der Waals surface area contributed by atoms with E-state index in [1.165, 1.54) is 14.1 Å². The van der Waals surface area contributed by atoms with Crippen LogP contribution < -0.4 is 10.6 Å². The van der Waals surface area contributed by atoms with Crippen LogP contribution in [0.1, 0.15) is 21.0 Å². The second-order valence-corrected chi connectivity index (χ2v) is 3.96. The number of nitrogens with one attached hydrogen (secondary N) is 2. The zero-order valence-corrected chi connectivity index (χ0v) is 10.5. The fourth-order valence-corrected chi connectivity index (χ4v) is 1.58. The van der Waals surface area contributed by atoms with E-state index in [-0.39, 0.29) is 23.2 Å². The van der Waals surface area contributed by atoms with E-state index in [9.17, 15) is 9.59 Å². The Hall–Kier alpha value is -1.18. The number of nitrogens with zero attached hydrogens (tertiary/aromatic N) is 1. The lowest BCUT2D eigenvalue weighted by Gasteiger charge is -2.03. The fourth-order valence-electron chi connectivity index (χ4n) is 0.986. The number of hydrogen-bond acceptors (Lipinski definition) is 3. The third-order valence-corrected chi connectivity index (χ3v) is 2.33. The van der Waals surface area contributed by atoms with Crippen LogP contribution in [0.4, 0.5) is 0 Å². The van der Waals surface area contributed by atoms with E-state index in [2.05, 4.69) is 15.6 Å². The SMILES string of the molecule is CNC(=O)c1cc(I)cc(C(=O)NC)n1. The maximum Gasteiger partial charge on any atom is 0.269 e. The van der Waals surface area contributed by atoms with E-state index in [1.807, 2.05) is 22.6 Å². The maximum absolute atomic E-state index is 11.3. The van der Waals surface area contributed by atoms with Crippen LogP contribution in [-0.4, -0.2) is 30.9 Å². The lowest BCUT2D eigenvalue weighted by molar-refractivity contribution is 0.0954. The van der Waals surface area contributed by atoms with Gasteiger partial charge in [0.15, 0.2) is 0 Å². The predicted molar refractivity (Wildman–Crippen MR) is 63.7 cm³/mol. The molecule has 2 amide bonds. The van der Waals surface area contributed by atoms with Gasteiger partial charge in [-0.05, 0) is 34.7 Å². The van der Waals surface area contributed by atoms with Gasteiger partial charge in [-0.15, -0.1) is 0 Å². The Balaban J connectivity index is 3.16. The fraction of sp³-hybridized carbons (Fsp3) is 0.222. The highest BCUT2D eigenvalue weighted by Crippen LogP contribution is 2.09. The van der Waals surface area contributed by atoms with Crippen molar-refractivity contribution in [3.05, 3.63) is 27.1 Å². The van der Waals surface area contributed by atoms with Crippen molar-refractivity contribution < 1.29 is 9.59 Å². The Kier molecular flexibility index (Phi) is 4.01. The topological polar surface area (TPSA) is 71.1 Å². The van der Waals surface area contributed by atoms with Crippen LogP contribution in [0.5, 0.6) is 0 Å². The number of carbonyl (C=O) groups is 2. The van der Waals surface area contributed by atoms with E-state index in [0.717, 1.165) is 3.57 Å². The first kappa shape index (κ1) is 11.9. The van der Waals surface area contributed by atoms with Crippen LogP contribution >= 0.6 is 22.6 Å². The molecule has 2 N–H and O–H groups in total. The Morgan fingerprint density at radius 2 is 1.53 bits per heavy atom. The van der Waals surface area contributed by atoms with E-state index in [1.54, 1.807) is 12.1 Å². The summed E-state index contributed by atoms with van der Waals surface area (Å²) in [5, 5.41) is 4.91. The van der Waals surface area contributed by atoms with Gasteiger partial charge in [-0.3, -0.25) is 9.59 Å². The van der Waals surface area contributed by atoms with Crippen molar-refractivity contribution in [3.63, 3.8) is 0 Å². The molecule has 0 saturated carbocycles. The summed E-state index contributed by atoms with van der Waals surface area (Å²) in [6.07, 6.45) is 0. The van der Waals surface area contributed by atoms with Crippen molar-refractivity contribution >= 4 is 34.4 Å². The van der Waals surface area contributed by atoms with Gasteiger partial charge in [0, 0.05) is 17.7 Å². The normalized spacial score (nSPS) is 9.53. The smallest absolute Gasteiger partial charge is 0.269 e. The van der Waals surface area contributed by atoms with E-state index >= 15 is 0 Å².